The number of H-pyrrole nitrogens is 1. The van der Waals surface area contributed by atoms with Crippen molar-refractivity contribution in [3.8, 4) is 6.07 Å². The molecular weight excluding hydrogens is 386 g/mol. The molecule has 1 aliphatic rings. The lowest BCUT2D eigenvalue weighted by Gasteiger charge is -2.30. The molecule has 1 aromatic heterocycles. The Labute approximate surface area is 172 Å². The fourth-order valence-electron chi connectivity index (χ4n) is 3.27. The molecule has 0 fully saturated rings. The second kappa shape index (κ2) is 7.70. The minimum atomic E-state index is -0.0124. The van der Waals surface area contributed by atoms with E-state index in [1.807, 2.05) is 68.4 Å². The van der Waals surface area contributed by atoms with Gasteiger partial charge in [0, 0.05) is 22.8 Å². The van der Waals surface area contributed by atoms with Gasteiger partial charge in [-0.15, -0.1) is 0 Å². The van der Waals surface area contributed by atoms with Gasteiger partial charge in [-0.3, -0.25) is 9.69 Å². The molecule has 2 heterocycles. The monoisotopic (exact) mass is 404 g/mol. The van der Waals surface area contributed by atoms with E-state index >= 15 is 0 Å². The minimum absolute atomic E-state index is 0.0124. The van der Waals surface area contributed by atoms with E-state index in [0.29, 0.717) is 5.56 Å². The molecule has 0 radical (unpaired) electrons. The van der Waals surface area contributed by atoms with Crippen LogP contribution in [-0.2, 0) is 4.79 Å². The number of hydrogen-bond donors (Lipinski definition) is 0. The topological polar surface area (TPSA) is 58.2 Å². The number of aromatic amines is 1. The number of rotatable bonds is 3. The van der Waals surface area contributed by atoms with Crippen LogP contribution in [0.15, 0.2) is 69.4 Å². The lowest BCUT2D eigenvalue weighted by Crippen LogP contribution is -2.30. The summed E-state index contributed by atoms with van der Waals surface area (Å²) in [4.78, 5) is 20.4. The van der Waals surface area contributed by atoms with Gasteiger partial charge in [0.15, 0.2) is 5.69 Å². The van der Waals surface area contributed by atoms with Crippen molar-refractivity contribution < 1.29 is 9.78 Å². The lowest BCUT2D eigenvalue weighted by atomic mass is 10.1. The molecule has 2 aromatic carbocycles. The van der Waals surface area contributed by atoms with Crippen molar-refractivity contribution in [3.63, 3.8) is 0 Å². The lowest BCUT2D eigenvalue weighted by molar-refractivity contribution is -0.435. The highest BCUT2D eigenvalue weighted by molar-refractivity contribution is 8.00. The Bertz CT molecular complexity index is 1080. The summed E-state index contributed by atoms with van der Waals surface area (Å²) in [5.41, 5.74) is 4.29. The predicted octanol–water partition coefficient (Wildman–Crippen LogP) is 4.91. The Balaban J connectivity index is 1.66. The average molecular weight is 405 g/mol. The molecule has 4 rings (SSSR count). The second-order valence-corrected chi connectivity index (χ2v) is 8.58. The highest BCUT2D eigenvalue weighted by atomic mass is 32.2. The fraction of sp³-hybridized carbons (Fsp3) is 0.136. The van der Waals surface area contributed by atoms with E-state index in [1.54, 1.807) is 16.7 Å². The number of carbonyl (C=O) groups excluding carboxylic acids is 1. The Morgan fingerprint density at radius 2 is 1.71 bits per heavy atom. The Morgan fingerprint density at radius 3 is 2.32 bits per heavy atom. The Morgan fingerprint density at radius 1 is 1.11 bits per heavy atom. The zero-order valence-electron chi connectivity index (χ0n) is 15.5. The molecule has 0 saturated heterocycles. The largest absolute Gasteiger partial charge is 0.278 e. The summed E-state index contributed by atoms with van der Waals surface area (Å²) in [5, 5.41) is 10.2. The number of nitrogens with one attached hydrogen (secondary N) is 1. The molecule has 0 atom stereocenters. The molecule has 1 N–H and O–H groups in total. The summed E-state index contributed by atoms with van der Waals surface area (Å²) in [6, 6.07) is 20.1. The molecule has 138 valence electrons. The molecule has 1 amide bonds. The zero-order valence-corrected chi connectivity index (χ0v) is 17.2. The van der Waals surface area contributed by atoms with Gasteiger partial charge in [0.05, 0.1) is 17.1 Å². The van der Waals surface area contributed by atoms with Crippen LogP contribution < -0.4 is 9.88 Å². The number of nitriles is 1. The van der Waals surface area contributed by atoms with Gasteiger partial charge in [-0.2, -0.15) is 5.26 Å². The third-order valence-electron chi connectivity index (χ3n) is 4.50. The van der Waals surface area contributed by atoms with Crippen LogP contribution in [0, 0.1) is 25.2 Å². The molecule has 0 unspecified atom stereocenters. The van der Waals surface area contributed by atoms with Gasteiger partial charge >= 0.3 is 0 Å². The van der Waals surface area contributed by atoms with Crippen LogP contribution >= 0.6 is 23.5 Å². The van der Waals surface area contributed by atoms with Crippen molar-refractivity contribution >= 4 is 40.8 Å². The highest BCUT2D eigenvalue weighted by Gasteiger charge is 2.28. The van der Waals surface area contributed by atoms with Crippen molar-refractivity contribution in [1.29, 1.82) is 5.26 Å². The van der Waals surface area contributed by atoms with Crippen LogP contribution in [0.5, 0.6) is 0 Å². The number of anilines is 2. The van der Waals surface area contributed by atoms with E-state index in [2.05, 4.69) is 11.1 Å². The predicted molar refractivity (Wildman–Crippen MR) is 112 cm³/mol. The maximum Gasteiger partial charge on any atom is 0.257 e. The first-order chi connectivity index (χ1) is 13.6. The number of carbonyl (C=O) groups is 1. The number of thioether (sulfide) groups is 1. The minimum Gasteiger partial charge on any atom is -0.278 e. The maximum atomic E-state index is 13.3. The number of benzene rings is 2. The third-order valence-corrected chi connectivity index (χ3v) is 6.61. The van der Waals surface area contributed by atoms with Gasteiger partial charge in [-0.25, -0.2) is 4.98 Å². The van der Waals surface area contributed by atoms with E-state index in [-0.39, 0.29) is 11.7 Å². The maximum absolute atomic E-state index is 13.3. The number of aromatic nitrogens is 1. The fourth-order valence-corrected chi connectivity index (χ4v) is 5.31. The number of hydrogen-bond acceptors (Lipinski definition) is 4. The number of pyridine rings is 1. The Hall–Kier alpha value is -2.75. The molecule has 3 aromatic rings. The Kier molecular flexibility index (Phi) is 5.12. The number of aryl methyl sites for hydroxylation is 2. The summed E-state index contributed by atoms with van der Waals surface area (Å²) >= 11 is 3.05. The normalized spacial score (nSPS) is 12.1. The number of para-hydroxylation sites is 2. The van der Waals surface area contributed by atoms with E-state index in [9.17, 15) is 10.1 Å². The van der Waals surface area contributed by atoms with Crippen LogP contribution in [0.1, 0.15) is 16.8 Å². The van der Waals surface area contributed by atoms with Crippen molar-refractivity contribution in [2.75, 3.05) is 10.7 Å². The van der Waals surface area contributed by atoms with Gasteiger partial charge in [0.2, 0.25) is 5.91 Å². The van der Waals surface area contributed by atoms with Crippen LogP contribution in [0.25, 0.3) is 0 Å². The van der Waals surface area contributed by atoms with Gasteiger partial charge in [0.25, 0.3) is 5.03 Å². The van der Waals surface area contributed by atoms with Crippen LogP contribution in [0.3, 0.4) is 0 Å². The summed E-state index contributed by atoms with van der Waals surface area (Å²) in [5.74, 6) is 0.225. The van der Waals surface area contributed by atoms with E-state index < -0.39 is 0 Å². The summed E-state index contributed by atoms with van der Waals surface area (Å²) in [7, 11) is 0. The van der Waals surface area contributed by atoms with E-state index in [1.165, 1.54) is 11.8 Å². The summed E-state index contributed by atoms with van der Waals surface area (Å²) in [6.07, 6.45) is 0. The summed E-state index contributed by atoms with van der Waals surface area (Å²) < 4.78 is 0. The molecule has 6 heteroatoms. The third kappa shape index (κ3) is 3.39. The van der Waals surface area contributed by atoms with Crippen molar-refractivity contribution in [2.24, 2.45) is 0 Å². The molecule has 1 aliphatic heterocycles. The smallest absolute Gasteiger partial charge is 0.257 e. The van der Waals surface area contributed by atoms with E-state index in [4.69, 9.17) is 0 Å². The van der Waals surface area contributed by atoms with Crippen LogP contribution in [-0.4, -0.2) is 11.7 Å². The highest BCUT2D eigenvalue weighted by Crippen LogP contribution is 2.48. The molecular formula is C22H18N3OS2+. The second-order valence-electron chi connectivity index (χ2n) is 6.51. The van der Waals surface area contributed by atoms with Crippen LogP contribution in [0.2, 0.25) is 0 Å². The van der Waals surface area contributed by atoms with Gasteiger partial charge in [-0.1, -0.05) is 36.0 Å². The molecule has 28 heavy (non-hydrogen) atoms. The SMILES string of the molecule is Cc1cc(C)c(C#N)c(SCC(=O)N2c3ccccc3Sc3ccccc32)[nH+]1. The molecule has 0 bridgehead atoms. The number of nitrogens with zero attached hydrogens (tertiary/aromatic N) is 2. The van der Waals surface area contributed by atoms with Gasteiger partial charge in [0.1, 0.15) is 11.6 Å². The number of fused-ring (bicyclic) bond motifs is 2. The molecule has 0 saturated carbocycles. The quantitative estimate of drug-likeness (QED) is 0.582. The zero-order chi connectivity index (χ0) is 19.7. The van der Waals surface area contributed by atoms with E-state index in [0.717, 1.165) is 37.4 Å². The van der Waals surface area contributed by atoms with Gasteiger partial charge in [-0.05, 0) is 48.5 Å². The van der Waals surface area contributed by atoms with Crippen molar-refractivity contribution in [2.45, 2.75) is 28.7 Å². The average Bonchev–Trinajstić information content (AvgIpc) is 2.69. The van der Waals surface area contributed by atoms with Gasteiger partial charge < -0.3 is 0 Å². The molecule has 4 nitrogen and oxygen atoms in total. The first kappa shape index (κ1) is 18.6. The number of amides is 1. The first-order valence-electron chi connectivity index (χ1n) is 8.84. The van der Waals surface area contributed by atoms with Crippen LogP contribution in [0.4, 0.5) is 11.4 Å². The summed E-state index contributed by atoms with van der Waals surface area (Å²) in [6.45, 7) is 3.87. The molecule has 0 aliphatic carbocycles. The first-order valence-corrected chi connectivity index (χ1v) is 10.6. The molecule has 0 spiro atoms. The van der Waals surface area contributed by atoms with Crippen molar-refractivity contribution in [3.05, 3.63) is 71.4 Å². The standard InChI is InChI=1S/C22H17N3OS2/c1-14-11-15(2)24-22(16(14)12-23)27-13-21(26)25-17-7-3-5-9-19(17)28-20-10-6-4-8-18(20)25/h3-11H,13H2,1-2H3/p+1. The van der Waals surface area contributed by atoms with Crippen molar-refractivity contribution in [1.82, 2.24) is 0 Å².